The predicted molar refractivity (Wildman–Crippen MR) is 98.0 cm³/mol. The third-order valence-electron chi connectivity index (χ3n) is 5.00. The van der Waals surface area contributed by atoms with E-state index in [1.807, 2.05) is 31.2 Å². The van der Waals surface area contributed by atoms with Gasteiger partial charge in [-0.3, -0.25) is 9.69 Å². The summed E-state index contributed by atoms with van der Waals surface area (Å²) in [7, 11) is 0. The third-order valence-corrected chi connectivity index (χ3v) is 5.00. The zero-order valence-electron chi connectivity index (χ0n) is 15.4. The number of nitrogens with zero attached hydrogens (tertiary/aromatic N) is 1. The van der Waals surface area contributed by atoms with E-state index in [-0.39, 0.29) is 5.91 Å². The van der Waals surface area contributed by atoms with Crippen LogP contribution < -0.4 is 14.8 Å². The summed E-state index contributed by atoms with van der Waals surface area (Å²) in [5, 5.41) is 2.98. The smallest absolute Gasteiger partial charge is 0.234 e. The molecule has 1 aromatic rings. The van der Waals surface area contributed by atoms with Crippen molar-refractivity contribution in [1.82, 2.24) is 10.2 Å². The molecule has 25 heavy (non-hydrogen) atoms. The fourth-order valence-electron chi connectivity index (χ4n) is 3.24. The monoisotopic (exact) mass is 346 g/mol. The van der Waals surface area contributed by atoms with E-state index in [1.165, 1.54) is 25.7 Å². The first-order chi connectivity index (χ1) is 12.2. The van der Waals surface area contributed by atoms with Gasteiger partial charge in [0.15, 0.2) is 0 Å². The molecule has 2 saturated carbocycles. The summed E-state index contributed by atoms with van der Waals surface area (Å²) in [6, 6.07) is 8.73. The van der Waals surface area contributed by atoms with Gasteiger partial charge in [-0.15, -0.1) is 0 Å². The van der Waals surface area contributed by atoms with Crippen molar-refractivity contribution in [3.05, 3.63) is 24.3 Å². The lowest BCUT2D eigenvalue weighted by molar-refractivity contribution is -0.123. The molecule has 2 aliphatic rings. The lowest BCUT2D eigenvalue weighted by atomic mass is 10.1. The van der Waals surface area contributed by atoms with Crippen molar-refractivity contribution < 1.29 is 14.3 Å². The minimum absolute atomic E-state index is 0.106. The fourth-order valence-corrected chi connectivity index (χ4v) is 3.24. The molecule has 5 heteroatoms. The SMILES string of the molecule is CCOc1ccc(OCCNC(=O)CN(C2CC2)C(C)C2CC2)cc1. The van der Waals surface area contributed by atoms with Crippen LogP contribution in [0.3, 0.4) is 0 Å². The van der Waals surface area contributed by atoms with Crippen LogP contribution in [0.15, 0.2) is 24.3 Å². The van der Waals surface area contributed by atoms with E-state index in [9.17, 15) is 4.79 Å². The first kappa shape index (κ1) is 18.1. The summed E-state index contributed by atoms with van der Waals surface area (Å²) in [6.45, 7) is 6.42. The van der Waals surface area contributed by atoms with E-state index in [1.54, 1.807) is 0 Å². The quantitative estimate of drug-likeness (QED) is 0.626. The van der Waals surface area contributed by atoms with Crippen molar-refractivity contribution in [3.8, 4) is 11.5 Å². The van der Waals surface area contributed by atoms with Gasteiger partial charge < -0.3 is 14.8 Å². The van der Waals surface area contributed by atoms with Gasteiger partial charge in [-0.25, -0.2) is 0 Å². The molecule has 1 atom stereocenters. The second-order valence-electron chi connectivity index (χ2n) is 7.08. The number of hydrogen-bond acceptors (Lipinski definition) is 4. The van der Waals surface area contributed by atoms with Gasteiger partial charge in [0, 0.05) is 12.1 Å². The normalized spacial score (nSPS) is 18.0. The summed E-state index contributed by atoms with van der Waals surface area (Å²) in [5.74, 6) is 2.54. The second-order valence-corrected chi connectivity index (χ2v) is 7.08. The van der Waals surface area contributed by atoms with E-state index in [0.717, 1.165) is 17.4 Å². The molecule has 5 nitrogen and oxygen atoms in total. The zero-order chi connectivity index (χ0) is 17.6. The van der Waals surface area contributed by atoms with Gasteiger partial charge in [0.25, 0.3) is 0 Å². The summed E-state index contributed by atoms with van der Waals surface area (Å²) in [6.07, 6.45) is 5.13. The molecule has 3 rings (SSSR count). The Labute approximate surface area is 150 Å². The number of benzene rings is 1. The van der Waals surface area contributed by atoms with Crippen molar-refractivity contribution in [2.45, 2.75) is 51.6 Å². The second kappa shape index (κ2) is 8.56. The number of rotatable bonds is 11. The molecule has 0 saturated heterocycles. The number of nitrogens with one attached hydrogen (secondary N) is 1. The maximum atomic E-state index is 12.2. The summed E-state index contributed by atoms with van der Waals surface area (Å²) in [4.78, 5) is 14.6. The first-order valence-corrected chi connectivity index (χ1v) is 9.55. The maximum absolute atomic E-state index is 12.2. The van der Waals surface area contributed by atoms with Crippen LogP contribution in [0, 0.1) is 5.92 Å². The number of hydrogen-bond donors (Lipinski definition) is 1. The first-order valence-electron chi connectivity index (χ1n) is 9.55. The summed E-state index contributed by atoms with van der Waals surface area (Å²) in [5.41, 5.74) is 0. The van der Waals surface area contributed by atoms with Crippen LogP contribution in [0.25, 0.3) is 0 Å². The average molecular weight is 346 g/mol. The average Bonchev–Trinajstić information content (AvgIpc) is 3.49. The highest BCUT2D eigenvalue weighted by Crippen LogP contribution is 2.39. The molecule has 1 unspecified atom stereocenters. The van der Waals surface area contributed by atoms with Crippen LogP contribution in [0.4, 0.5) is 0 Å². The number of ether oxygens (including phenoxy) is 2. The Morgan fingerprint density at radius 1 is 1.16 bits per heavy atom. The third kappa shape index (κ3) is 5.63. The molecule has 2 aliphatic carbocycles. The minimum Gasteiger partial charge on any atom is -0.494 e. The number of carbonyl (C=O) groups is 1. The van der Waals surface area contributed by atoms with Gasteiger partial charge >= 0.3 is 0 Å². The molecule has 0 bridgehead atoms. The van der Waals surface area contributed by atoms with Crippen LogP contribution in [0.5, 0.6) is 11.5 Å². The molecule has 0 heterocycles. The number of amides is 1. The van der Waals surface area contributed by atoms with Crippen molar-refractivity contribution >= 4 is 5.91 Å². The Morgan fingerprint density at radius 2 is 1.80 bits per heavy atom. The molecule has 0 aromatic heterocycles. The maximum Gasteiger partial charge on any atom is 0.234 e. The van der Waals surface area contributed by atoms with Crippen LogP contribution >= 0.6 is 0 Å². The van der Waals surface area contributed by atoms with Gasteiger partial charge in [0.1, 0.15) is 18.1 Å². The van der Waals surface area contributed by atoms with Crippen LogP contribution in [-0.4, -0.2) is 49.2 Å². The zero-order valence-corrected chi connectivity index (χ0v) is 15.4. The highest BCUT2D eigenvalue weighted by atomic mass is 16.5. The molecule has 0 aliphatic heterocycles. The summed E-state index contributed by atoms with van der Waals surface area (Å²) < 4.78 is 11.1. The Balaban J connectivity index is 1.34. The highest BCUT2D eigenvalue weighted by Gasteiger charge is 2.39. The van der Waals surface area contributed by atoms with E-state index >= 15 is 0 Å². The highest BCUT2D eigenvalue weighted by molar-refractivity contribution is 5.78. The number of carbonyl (C=O) groups excluding carboxylic acids is 1. The van der Waals surface area contributed by atoms with Crippen molar-refractivity contribution in [2.75, 3.05) is 26.3 Å². The van der Waals surface area contributed by atoms with E-state index in [4.69, 9.17) is 9.47 Å². The molecule has 1 amide bonds. The van der Waals surface area contributed by atoms with Crippen LogP contribution in [0.1, 0.15) is 39.5 Å². The van der Waals surface area contributed by atoms with Gasteiger partial charge in [0.05, 0.1) is 19.7 Å². The van der Waals surface area contributed by atoms with Crippen LogP contribution in [-0.2, 0) is 4.79 Å². The van der Waals surface area contributed by atoms with Gasteiger partial charge in [0.2, 0.25) is 5.91 Å². The lowest BCUT2D eigenvalue weighted by Gasteiger charge is -2.28. The minimum atomic E-state index is 0.106. The molecule has 2 fully saturated rings. The van der Waals surface area contributed by atoms with Gasteiger partial charge in [-0.05, 0) is 69.7 Å². The van der Waals surface area contributed by atoms with Gasteiger partial charge in [-0.1, -0.05) is 0 Å². The molecule has 0 spiro atoms. The van der Waals surface area contributed by atoms with E-state index in [0.29, 0.717) is 38.4 Å². The topological polar surface area (TPSA) is 50.8 Å². The van der Waals surface area contributed by atoms with E-state index < -0.39 is 0 Å². The molecule has 1 aromatic carbocycles. The Kier molecular flexibility index (Phi) is 6.19. The summed E-state index contributed by atoms with van der Waals surface area (Å²) >= 11 is 0. The van der Waals surface area contributed by atoms with Crippen molar-refractivity contribution in [1.29, 1.82) is 0 Å². The largest absolute Gasteiger partial charge is 0.494 e. The van der Waals surface area contributed by atoms with Crippen molar-refractivity contribution in [2.24, 2.45) is 5.92 Å². The lowest BCUT2D eigenvalue weighted by Crippen LogP contribution is -2.44. The standard InChI is InChI=1S/C20H30N2O3/c1-3-24-18-8-10-19(11-9-18)25-13-12-21-20(23)14-22(17-6-7-17)15(2)16-4-5-16/h8-11,15-17H,3-7,12-14H2,1-2H3,(H,21,23). The molecular formula is C20H30N2O3. The molecule has 138 valence electrons. The Hall–Kier alpha value is -1.75. The predicted octanol–water partition coefficient (Wildman–Crippen LogP) is 2.84. The Bertz CT molecular complexity index is 553. The van der Waals surface area contributed by atoms with Crippen LogP contribution in [0.2, 0.25) is 0 Å². The van der Waals surface area contributed by atoms with Crippen molar-refractivity contribution in [3.63, 3.8) is 0 Å². The molecule has 0 radical (unpaired) electrons. The van der Waals surface area contributed by atoms with E-state index in [2.05, 4.69) is 17.1 Å². The molecule has 1 N–H and O–H groups in total. The van der Waals surface area contributed by atoms with Gasteiger partial charge in [-0.2, -0.15) is 0 Å². The fraction of sp³-hybridized carbons (Fsp3) is 0.650. The molecular weight excluding hydrogens is 316 g/mol. The Morgan fingerprint density at radius 3 is 2.36 bits per heavy atom.